The monoisotopic (exact) mass is 397 g/mol. The summed E-state index contributed by atoms with van der Waals surface area (Å²) in [7, 11) is 2.00. The van der Waals surface area contributed by atoms with Crippen molar-refractivity contribution in [2.75, 3.05) is 29.9 Å². The molecule has 0 amide bonds. The summed E-state index contributed by atoms with van der Waals surface area (Å²) >= 11 is 3.37. The molecule has 3 aromatic rings. The van der Waals surface area contributed by atoms with Crippen molar-refractivity contribution < 1.29 is 0 Å². The number of aromatic nitrogens is 4. The van der Waals surface area contributed by atoms with Gasteiger partial charge in [-0.05, 0) is 34.5 Å². The van der Waals surface area contributed by atoms with Crippen LogP contribution in [0.5, 0.6) is 0 Å². The number of hydrogen-bond acceptors (Lipinski definition) is 6. The number of nitrogens with one attached hydrogen (secondary N) is 1. The maximum atomic E-state index is 9.39. The molecule has 25 heavy (non-hydrogen) atoms. The van der Waals surface area contributed by atoms with Crippen molar-refractivity contribution in [3.05, 3.63) is 40.9 Å². The number of likely N-dealkylation sites (N-methyl/N-ethyl adjacent to an activating group) is 1. The second kappa shape index (κ2) is 6.33. The fourth-order valence-corrected chi connectivity index (χ4v) is 3.66. The van der Waals surface area contributed by atoms with E-state index in [1.54, 1.807) is 18.6 Å². The summed E-state index contributed by atoms with van der Waals surface area (Å²) in [6.07, 6.45) is 6.19. The minimum Gasteiger partial charge on any atom is -0.354 e. The highest BCUT2D eigenvalue weighted by molar-refractivity contribution is 9.10. The molecule has 3 aromatic heterocycles. The molecule has 1 saturated heterocycles. The average molecular weight is 398 g/mol. The predicted molar refractivity (Wildman–Crippen MR) is 99.6 cm³/mol. The zero-order chi connectivity index (χ0) is 17.4. The Morgan fingerprint density at radius 1 is 1.40 bits per heavy atom. The van der Waals surface area contributed by atoms with Gasteiger partial charge in [0, 0.05) is 43.0 Å². The van der Waals surface area contributed by atoms with E-state index in [9.17, 15) is 5.26 Å². The van der Waals surface area contributed by atoms with Gasteiger partial charge in [-0.1, -0.05) is 0 Å². The first-order valence-corrected chi connectivity index (χ1v) is 8.78. The summed E-state index contributed by atoms with van der Waals surface area (Å²) < 4.78 is 0.810. The molecule has 0 aromatic carbocycles. The molecule has 8 heteroatoms. The van der Waals surface area contributed by atoms with Crippen LogP contribution in [-0.4, -0.2) is 46.1 Å². The van der Waals surface area contributed by atoms with Gasteiger partial charge < -0.3 is 14.8 Å². The minimum atomic E-state index is 0.268. The van der Waals surface area contributed by atoms with Crippen LogP contribution in [0.3, 0.4) is 0 Å². The average Bonchev–Trinajstić information content (AvgIpc) is 3.30. The van der Waals surface area contributed by atoms with E-state index >= 15 is 0 Å². The van der Waals surface area contributed by atoms with Crippen molar-refractivity contribution in [2.45, 2.75) is 12.5 Å². The molecule has 0 spiro atoms. The van der Waals surface area contributed by atoms with Gasteiger partial charge in [0.15, 0.2) is 0 Å². The number of anilines is 2. The lowest BCUT2D eigenvalue weighted by atomic mass is 10.2. The SMILES string of the molecule is CN(c1ncc(Br)cc1C#N)[C@@H]1CCN(c2ncnc3[nH]ccc23)C1. The van der Waals surface area contributed by atoms with Gasteiger partial charge in [-0.15, -0.1) is 0 Å². The van der Waals surface area contributed by atoms with Gasteiger partial charge >= 0.3 is 0 Å². The second-order valence-electron chi connectivity index (χ2n) is 6.07. The van der Waals surface area contributed by atoms with E-state index in [0.29, 0.717) is 11.4 Å². The summed E-state index contributed by atoms with van der Waals surface area (Å²) in [6.45, 7) is 1.74. The van der Waals surface area contributed by atoms with E-state index in [1.807, 2.05) is 19.3 Å². The Morgan fingerprint density at radius 3 is 3.12 bits per heavy atom. The predicted octanol–water partition coefficient (Wildman–Crippen LogP) is 2.70. The zero-order valence-electron chi connectivity index (χ0n) is 13.6. The lowest BCUT2D eigenvalue weighted by molar-refractivity contribution is 0.683. The highest BCUT2D eigenvalue weighted by Gasteiger charge is 2.29. The maximum absolute atomic E-state index is 9.39. The van der Waals surface area contributed by atoms with Crippen molar-refractivity contribution in [1.29, 1.82) is 5.26 Å². The Hall–Kier alpha value is -2.66. The van der Waals surface area contributed by atoms with Gasteiger partial charge in [0.1, 0.15) is 29.7 Å². The molecule has 0 radical (unpaired) electrons. The van der Waals surface area contributed by atoms with Gasteiger partial charge in [0.05, 0.1) is 10.9 Å². The van der Waals surface area contributed by atoms with Crippen LogP contribution >= 0.6 is 15.9 Å². The normalized spacial score (nSPS) is 17.0. The first-order valence-electron chi connectivity index (χ1n) is 7.99. The van der Waals surface area contributed by atoms with Crippen LogP contribution in [-0.2, 0) is 0 Å². The van der Waals surface area contributed by atoms with E-state index in [2.05, 4.69) is 51.7 Å². The Morgan fingerprint density at radius 2 is 2.28 bits per heavy atom. The Labute approximate surface area is 153 Å². The van der Waals surface area contributed by atoms with E-state index in [0.717, 1.165) is 40.8 Å². The van der Waals surface area contributed by atoms with E-state index < -0.39 is 0 Å². The number of nitriles is 1. The first-order chi connectivity index (χ1) is 12.2. The molecule has 4 rings (SSSR count). The van der Waals surface area contributed by atoms with Gasteiger partial charge in [-0.25, -0.2) is 15.0 Å². The molecule has 0 saturated carbocycles. The smallest absolute Gasteiger partial charge is 0.146 e. The number of hydrogen-bond donors (Lipinski definition) is 1. The molecule has 1 atom stereocenters. The third-order valence-electron chi connectivity index (χ3n) is 4.63. The van der Waals surface area contributed by atoms with Crippen LogP contribution in [0, 0.1) is 11.3 Å². The molecular formula is C17H16BrN7. The summed E-state index contributed by atoms with van der Waals surface area (Å²) in [4.78, 5) is 20.7. The molecule has 0 unspecified atom stereocenters. The molecule has 126 valence electrons. The van der Waals surface area contributed by atoms with Gasteiger partial charge in [-0.3, -0.25) is 0 Å². The molecule has 7 nitrogen and oxygen atoms in total. The zero-order valence-corrected chi connectivity index (χ0v) is 15.2. The highest BCUT2D eigenvalue weighted by Crippen LogP contribution is 2.29. The number of aromatic amines is 1. The molecule has 1 aliphatic rings. The number of nitrogens with zero attached hydrogens (tertiary/aromatic N) is 6. The lowest BCUT2D eigenvalue weighted by Crippen LogP contribution is -2.35. The fourth-order valence-electron chi connectivity index (χ4n) is 3.33. The van der Waals surface area contributed by atoms with E-state index in [1.165, 1.54) is 0 Å². The van der Waals surface area contributed by atoms with Gasteiger partial charge in [0.2, 0.25) is 0 Å². The Bertz CT molecular complexity index is 961. The summed E-state index contributed by atoms with van der Waals surface area (Å²) in [5.74, 6) is 1.67. The molecule has 0 bridgehead atoms. The minimum absolute atomic E-state index is 0.268. The number of H-pyrrole nitrogens is 1. The molecule has 1 N–H and O–H groups in total. The quantitative estimate of drug-likeness (QED) is 0.731. The van der Waals surface area contributed by atoms with Crippen molar-refractivity contribution in [1.82, 2.24) is 19.9 Å². The maximum Gasteiger partial charge on any atom is 0.146 e. The topological polar surface area (TPSA) is 84.7 Å². The van der Waals surface area contributed by atoms with Crippen LogP contribution < -0.4 is 9.80 Å². The molecule has 1 aliphatic heterocycles. The lowest BCUT2D eigenvalue weighted by Gasteiger charge is -2.27. The molecule has 0 aliphatic carbocycles. The second-order valence-corrected chi connectivity index (χ2v) is 6.99. The van der Waals surface area contributed by atoms with Crippen LogP contribution in [0.1, 0.15) is 12.0 Å². The summed E-state index contributed by atoms with van der Waals surface area (Å²) in [5, 5.41) is 10.4. The fraction of sp³-hybridized carbons (Fsp3) is 0.294. The van der Waals surface area contributed by atoms with Crippen molar-refractivity contribution in [2.24, 2.45) is 0 Å². The Balaban J connectivity index is 1.59. The number of rotatable bonds is 3. The van der Waals surface area contributed by atoms with Crippen LogP contribution in [0.2, 0.25) is 0 Å². The van der Waals surface area contributed by atoms with Gasteiger partial charge in [0.25, 0.3) is 0 Å². The van der Waals surface area contributed by atoms with Gasteiger partial charge in [-0.2, -0.15) is 5.26 Å². The third-order valence-corrected chi connectivity index (χ3v) is 5.07. The largest absolute Gasteiger partial charge is 0.354 e. The highest BCUT2D eigenvalue weighted by atomic mass is 79.9. The van der Waals surface area contributed by atoms with Crippen LogP contribution in [0.15, 0.2) is 35.3 Å². The first kappa shape index (κ1) is 15.8. The van der Waals surface area contributed by atoms with E-state index in [-0.39, 0.29) is 6.04 Å². The van der Waals surface area contributed by atoms with Crippen molar-refractivity contribution in [3.8, 4) is 6.07 Å². The molecule has 1 fully saturated rings. The van der Waals surface area contributed by atoms with Crippen molar-refractivity contribution in [3.63, 3.8) is 0 Å². The number of halogens is 1. The molecular weight excluding hydrogens is 382 g/mol. The molecule has 4 heterocycles. The standard InChI is InChI=1S/C17H16BrN7/c1-24(16-11(7-19)6-12(18)8-21-16)13-3-5-25(9-13)17-14-2-4-20-15(14)22-10-23-17/h2,4,6,8,10,13H,3,5,9H2,1H3,(H,20,22,23)/t13-/m1/s1. The van der Waals surface area contributed by atoms with E-state index in [4.69, 9.17) is 0 Å². The van der Waals surface area contributed by atoms with Crippen LogP contribution in [0.4, 0.5) is 11.6 Å². The summed E-state index contributed by atoms with van der Waals surface area (Å²) in [6, 6.07) is 6.31. The van der Waals surface area contributed by atoms with Crippen molar-refractivity contribution >= 4 is 38.6 Å². The number of fused-ring (bicyclic) bond motifs is 1. The third kappa shape index (κ3) is 2.81. The Kier molecular flexibility index (Phi) is 4.01. The van der Waals surface area contributed by atoms with Crippen LogP contribution in [0.25, 0.3) is 11.0 Å². The number of pyridine rings is 1. The summed E-state index contributed by atoms with van der Waals surface area (Å²) in [5.41, 5.74) is 1.42.